The van der Waals surface area contributed by atoms with Crippen LogP contribution in [0.15, 0.2) is 38.6 Å². The molecule has 29 heavy (non-hydrogen) atoms. The zero-order valence-corrected chi connectivity index (χ0v) is 18.1. The van der Waals surface area contributed by atoms with Crippen molar-refractivity contribution in [3.8, 4) is 0 Å². The van der Waals surface area contributed by atoms with Crippen LogP contribution in [0.2, 0.25) is 0 Å². The maximum Gasteiger partial charge on any atom is 0.253 e. The Bertz CT molecular complexity index is 1100. The average molecular weight is 442 g/mol. The normalized spacial score (nSPS) is 16.6. The van der Waals surface area contributed by atoms with E-state index >= 15 is 0 Å². The molecule has 2 heterocycles. The van der Waals surface area contributed by atoms with Gasteiger partial charge in [0.1, 0.15) is 10.6 Å². The van der Waals surface area contributed by atoms with Crippen LogP contribution in [0.3, 0.4) is 0 Å². The molecule has 1 saturated heterocycles. The van der Waals surface area contributed by atoms with Crippen LogP contribution in [0, 0.1) is 13.8 Å². The van der Waals surface area contributed by atoms with Crippen molar-refractivity contribution < 1.29 is 26.2 Å². The van der Waals surface area contributed by atoms with Gasteiger partial charge in [-0.25, -0.2) is 16.8 Å². The van der Waals surface area contributed by atoms with Gasteiger partial charge in [-0.05, 0) is 44.5 Å². The highest BCUT2D eigenvalue weighted by Gasteiger charge is 2.33. The molecule has 0 bridgehead atoms. The van der Waals surface area contributed by atoms with E-state index in [1.54, 1.807) is 18.7 Å². The summed E-state index contributed by atoms with van der Waals surface area (Å²) < 4.78 is 55.4. The summed E-state index contributed by atoms with van der Waals surface area (Å²) in [5.74, 6) is -0.0210. The second-order valence-electron chi connectivity index (χ2n) is 7.00. The van der Waals surface area contributed by atoms with Crippen LogP contribution in [-0.4, -0.2) is 69.5 Å². The highest BCUT2D eigenvalue weighted by atomic mass is 32.2. The van der Waals surface area contributed by atoms with Crippen molar-refractivity contribution in [2.75, 3.05) is 32.4 Å². The van der Waals surface area contributed by atoms with Crippen molar-refractivity contribution in [2.24, 2.45) is 0 Å². The van der Waals surface area contributed by atoms with Gasteiger partial charge in [0.05, 0.1) is 4.90 Å². The van der Waals surface area contributed by atoms with Crippen LogP contribution in [-0.2, 0) is 19.9 Å². The van der Waals surface area contributed by atoms with Crippen molar-refractivity contribution in [2.45, 2.75) is 30.1 Å². The zero-order valence-electron chi connectivity index (χ0n) is 16.5. The number of sulfone groups is 1. The Hall–Kier alpha value is -2.24. The molecule has 0 saturated carbocycles. The van der Waals surface area contributed by atoms with Gasteiger partial charge in [-0.15, -0.1) is 0 Å². The maximum absolute atomic E-state index is 13.0. The highest BCUT2D eigenvalue weighted by molar-refractivity contribution is 7.90. The van der Waals surface area contributed by atoms with Crippen molar-refractivity contribution in [1.29, 1.82) is 0 Å². The lowest BCUT2D eigenvalue weighted by Gasteiger charge is -2.22. The maximum atomic E-state index is 13.0. The molecule has 11 heteroatoms. The number of aryl methyl sites for hydroxylation is 2. The van der Waals surface area contributed by atoms with E-state index in [9.17, 15) is 21.6 Å². The van der Waals surface area contributed by atoms with Gasteiger partial charge < -0.3 is 9.42 Å². The number of sulfonamides is 1. The van der Waals surface area contributed by atoms with E-state index in [1.165, 1.54) is 28.6 Å². The molecule has 1 aliphatic rings. The Morgan fingerprint density at radius 1 is 1.00 bits per heavy atom. The lowest BCUT2D eigenvalue weighted by Crippen LogP contribution is -2.37. The standard InChI is InChI=1S/C18H23N3O6S2/c1-13-17(14(2)27-19-13)29(25,26)21-10-4-9-20(11-12-21)18(22)15-5-7-16(8-6-15)28(3,23)24/h5-8H,4,9-12H2,1-3H3. The SMILES string of the molecule is Cc1noc(C)c1S(=O)(=O)N1CCCN(C(=O)c2ccc(S(C)(=O)=O)cc2)CC1. The van der Waals surface area contributed by atoms with Crippen molar-refractivity contribution >= 4 is 25.8 Å². The molecule has 0 spiro atoms. The minimum atomic E-state index is -3.77. The van der Waals surface area contributed by atoms with Crippen LogP contribution in [0.25, 0.3) is 0 Å². The highest BCUT2D eigenvalue weighted by Crippen LogP contribution is 2.24. The molecule has 0 N–H and O–H groups in total. The lowest BCUT2D eigenvalue weighted by molar-refractivity contribution is 0.0764. The average Bonchev–Trinajstić information content (AvgIpc) is 2.85. The van der Waals surface area contributed by atoms with Gasteiger partial charge in [0, 0.05) is 38.0 Å². The fourth-order valence-electron chi connectivity index (χ4n) is 3.34. The van der Waals surface area contributed by atoms with E-state index in [-0.39, 0.29) is 41.1 Å². The van der Waals surface area contributed by atoms with E-state index in [2.05, 4.69) is 5.16 Å². The van der Waals surface area contributed by atoms with Crippen LogP contribution in [0.1, 0.15) is 28.2 Å². The summed E-state index contributed by atoms with van der Waals surface area (Å²) in [6.45, 7) is 4.20. The molecule has 0 unspecified atom stereocenters. The first-order valence-electron chi connectivity index (χ1n) is 9.04. The summed E-state index contributed by atoms with van der Waals surface area (Å²) in [6, 6.07) is 5.74. The van der Waals surface area contributed by atoms with E-state index in [0.29, 0.717) is 24.2 Å². The molecule has 3 rings (SSSR count). The number of carbonyl (C=O) groups excluding carboxylic acids is 1. The van der Waals surface area contributed by atoms with Gasteiger partial charge in [-0.2, -0.15) is 4.31 Å². The molecule has 1 aromatic carbocycles. The summed E-state index contributed by atoms with van der Waals surface area (Å²) in [5, 5.41) is 3.72. The third kappa shape index (κ3) is 4.36. The molecule has 1 fully saturated rings. The van der Waals surface area contributed by atoms with Gasteiger partial charge in [0.25, 0.3) is 5.91 Å². The number of rotatable bonds is 4. The molecule has 0 aliphatic carbocycles. The molecule has 1 aromatic heterocycles. The van der Waals surface area contributed by atoms with Gasteiger partial charge >= 0.3 is 0 Å². The number of amides is 1. The predicted octanol–water partition coefficient (Wildman–Crippen LogP) is 1.23. The van der Waals surface area contributed by atoms with Crippen LogP contribution < -0.4 is 0 Å². The number of carbonyl (C=O) groups is 1. The topological polar surface area (TPSA) is 118 Å². The van der Waals surface area contributed by atoms with Gasteiger partial charge in [0.2, 0.25) is 10.0 Å². The monoisotopic (exact) mass is 441 g/mol. The third-order valence-electron chi connectivity index (χ3n) is 4.84. The minimum Gasteiger partial charge on any atom is -0.360 e. The molecule has 1 aliphatic heterocycles. The van der Waals surface area contributed by atoms with E-state index in [1.807, 2.05) is 0 Å². The predicted molar refractivity (Wildman–Crippen MR) is 105 cm³/mol. The summed E-state index contributed by atoms with van der Waals surface area (Å²) in [6.07, 6.45) is 1.59. The lowest BCUT2D eigenvalue weighted by atomic mass is 10.2. The Balaban J connectivity index is 1.75. The first-order chi connectivity index (χ1) is 13.5. The number of hydrogen-bond donors (Lipinski definition) is 0. The van der Waals surface area contributed by atoms with Crippen LogP contribution in [0.4, 0.5) is 0 Å². The van der Waals surface area contributed by atoms with Crippen molar-refractivity contribution in [3.05, 3.63) is 41.3 Å². The van der Waals surface area contributed by atoms with Gasteiger partial charge in [-0.1, -0.05) is 5.16 Å². The fourth-order valence-corrected chi connectivity index (χ4v) is 5.73. The molecule has 0 radical (unpaired) electrons. The Morgan fingerprint density at radius 3 is 2.21 bits per heavy atom. The molecule has 1 amide bonds. The first kappa shape index (κ1) is 21.5. The molecule has 0 atom stereocenters. The summed E-state index contributed by atoms with van der Waals surface area (Å²) >= 11 is 0. The smallest absolute Gasteiger partial charge is 0.253 e. The van der Waals surface area contributed by atoms with E-state index in [4.69, 9.17) is 4.52 Å². The molecule has 9 nitrogen and oxygen atoms in total. The zero-order chi connectivity index (χ0) is 21.4. The number of hydrogen-bond acceptors (Lipinski definition) is 7. The first-order valence-corrected chi connectivity index (χ1v) is 12.4. The fraction of sp³-hybridized carbons (Fsp3) is 0.444. The number of nitrogens with zero attached hydrogens (tertiary/aromatic N) is 3. The molecule has 158 valence electrons. The van der Waals surface area contributed by atoms with Gasteiger partial charge in [-0.3, -0.25) is 4.79 Å². The largest absolute Gasteiger partial charge is 0.360 e. The summed E-state index contributed by atoms with van der Waals surface area (Å²) in [7, 11) is -7.11. The molecule has 2 aromatic rings. The van der Waals surface area contributed by atoms with E-state index < -0.39 is 19.9 Å². The third-order valence-corrected chi connectivity index (χ3v) is 8.11. The Labute approximate surface area is 170 Å². The minimum absolute atomic E-state index is 0.0774. The summed E-state index contributed by atoms with van der Waals surface area (Å²) in [5.41, 5.74) is 0.671. The number of benzene rings is 1. The molecular formula is C18H23N3O6S2. The second-order valence-corrected chi connectivity index (χ2v) is 10.9. The van der Waals surface area contributed by atoms with Gasteiger partial charge in [0.15, 0.2) is 15.6 Å². The van der Waals surface area contributed by atoms with Crippen LogP contribution >= 0.6 is 0 Å². The summed E-state index contributed by atoms with van der Waals surface area (Å²) in [4.78, 5) is 14.6. The van der Waals surface area contributed by atoms with Crippen molar-refractivity contribution in [3.63, 3.8) is 0 Å². The van der Waals surface area contributed by atoms with E-state index in [0.717, 1.165) is 6.26 Å². The second kappa shape index (κ2) is 7.88. The Morgan fingerprint density at radius 2 is 1.66 bits per heavy atom. The number of aromatic nitrogens is 1. The molecular weight excluding hydrogens is 418 g/mol. The Kier molecular flexibility index (Phi) is 5.84. The van der Waals surface area contributed by atoms with Crippen LogP contribution in [0.5, 0.6) is 0 Å². The van der Waals surface area contributed by atoms with Crippen molar-refractivity contribution in [1.82, 2.24) is 14.4 Å². The quantitative estimate of drug-likeness (QED) is 0.700.